The molecule has 134 valence electrons. The Hall–Kier alpha value is -3.35. The average Bonchev–Trinajstić information content (AvgIpc) is 2.61. The van der Waals surface area contributed by atoms with Crippen LogP contribution in [-0.4, -0.2) is 19.0 Å². The van der Waals surface area contributed by atoms with Crippen LogP contribution in [0, 0.1) is 5.82 Å². The molecule has 0 bridgehead atoms. The van der Waals surface area contributed by atoms with E-state index in [1.165, 1.54) is 25.3 Å². The van der Waals surface area contributed by atoms with Gasteiger partial charge in [-0.1, -0.05) is 24.3 Å². The summed E-state index contributed by atoms with van der Waals surface area (Å²) in [6.07, 6.45) is 0. The van der Waals surface area contributed by atoms with E-state index >= 15 is 0 Å². The van der Waals surface area contributed by atoms with Crippen LogP contribution in [0.3, 0.4) is 0 Å². The van der Waals surface area contributed by atoms with Gasteiger partial charge >= 0.3 is 6.03 Å². The van der Waals surface area contributed by atoms with Gasteiger partial charge in [-0.05, 0) is 36.8 Å². The van der Waals surface area contributed by atoms with Crippen molar-refractivity contribution in [3.05, 3.63) is 71.2 Å². The predicted molar refractivity (Wildman–Crippen MR) is 95.1 cm³/mol. The molecule has 3 rings (SSSR count). The summed E-state index contributed by atoms with van der Waals surface area (Å²) in [5, 5.41) is 8.04. The van der Waals surface area contributed by atoms with Gasteiger partial charge in [-0.25, -0.2) is 9.18 Å². The quantitative estimate of drug-likeness (QED) is 0.788. The molecule has 0 saturated heterocycles. The summed E-state index contributed by atoms with van der Waals surface area (Å²) in [7, 11) is 1.51. The molecule has 1 aliphatic rings. The van der Waals surface area contributed by atoms with Gasteiger partial charge in [-0.3, -0.25) is 4.79 Å². The molecule has 2 aromatic rings. The molecule has 0 fully saturated rings. The summed E-state index contributed by atoms with van der Waals surface area (Å²) in [6.45, 7) is 1.63. The number of halogens is 1. The predicted octanol–water partition coefficient (Wildman–Crippen LogP) is 3.10. The molecule has 3 N–H and O–H groups in total. The number of urea groups is 1. The van der Waals surface area contributed by atoms with E-state index in [1.807, 2.05) is 0 Å². The Labute approximate surface area is 150 Å². The number of para-hydroxylation sites is 2. The van der Waals surface area contributed by atoms with Crippen LogP contribution in [0.1, 0.15) is 18.5 Å². The van der Waals surface area contributed by atoms with Crippen molar-refractivity contribution in [3.63, 3.8) is 0 Å². The van der Waals surface area contributed by atoms with Gasteiger partial charge in [0, 0.05) is 5.70 Å². The number of carbonyl (C=O) groups is 2. The number of anilines is 1. The maximum atomic E-state index is 13.6. The molecule has 0 saturated carbocycles. The number of amides is 3. The summed E-state index contributed by atoms with van der Waals surface area (Å²) in [5.41, 5.74) is 1.66. The van der Waals surface area contributed by atoms with E-state index in [0.717, 1.165) is 0 Å². The minimum Gasteiger partial charge on any atom is -0.495 e. The normalized spacial score (nSPS) is 16.6. The minimum absolute atomic E-state index is 0.293. The lowest BCUT2D eigenvalue weighted by atomic mass is 9.94. The van der Waals surface area contributed by atoms with Gasteiger partial charge in [-0.2, -0.15) is 0 Å². The van der Waals surface area contributed by atoms with Crippen molar-refractivity contribution in [2.24, 2.45) is 0 Å². The highest BCUT2D eigenvalue weighted by atomic mass is 19.1. The maximum absolute atomic E-state index is 13.6. The Balaban J connectivity index is 1.97. The van der Waals surface area contributed by atoms with E-state index in [4.69, 9.17) is 4.74 Å². The Morgan fingerprint density at radius 1 is 1.19 bits per heavy atom. The van der Waals surface area contributed by atoms with Crippen molar-refractivity contribution in [1.82, 2.24) is 10.6 Å². The van der Waals surface area contributed by atoms with Crippen molar-refractivity contribution < 1.29 is 18.7 Å². The number of methoxy groups -OCH3 is 1. The molecule has 0 radical (unpaired) electrons. The molecule has 26 heavy (non-hydrogen) atoms. The first-order valence-electron chi connectivity index (χ1n) is 7.97. The van der Waals surface area contributed by atoms with E-state index in [0.29, 0.717) is 28.3 Å². The van der Waals surface area contributed by atoms with Crippen molar-refractivity contribution in [2.75, 3.05) is 12.4 Å². The molecule has 2 aromatic carbocycles. The average molecular weight is 355 g/mol. The Morgan fingerprint density at radius 3 is 2.69 bits per heavy atom. The van der Waals surface area contributed by atoms with Gasteiger partial charge in [0.15, 0.2) is 0 Å². The van der Waals surface area contributed by atoms with Crippen LogP contribution in [0.2, 0.25) is 0 Å². The molecular formula is C19H18FN3O3. The second kappa shape index (κ2) is 7.26. The summed E-state index contributed by atoms with van der Waals surface area (Å²) in [6, 6.07) is 11.5. The van der Waals surface area contributed by atoms with Crippen molar-refractivity contribution in [3.8, 4) is 5.75 Å². The third-order valence-corrected chi connectivity index (χ3v) is 4.05. The molecule has 1 atom stereocenters. The lowest BCUT2D eigenvalue weighted by molar-refractivity contribution is -0.113. The molecule has 0 spiro atoms. The van der Waals surface area contributed by atoms with Gasteiger partial charge in [0.1, 0.15) is 11.6 Å². The lowest BCUT2D eigenvalue weighted by Crippen LogP contribution is -2.46. The van der Waals surface area contributed by atoms with Crippen LogP contribution >= 0.6 is 0 Å². The molecule has 1 heterocycles. The Kier molecular flexibility index (Phi) is 4.88. The first-order chi connectivity index (χ1) is 12.5. The van der Waals surface area contributed by atoms with Crippen molar-refractivity contribution in [2.45, 2.75) is 13.0 Å². The van der Waals surface area contributed by atoms with Gasteiger partial charge in [0.25, 0.3) is 5.91 Å². The van der Waals surface area contributed by atoms with Crippen LogP contribution in [0.5, 0.6) is 5.75 Å². The van der Waals surface area contributed by atoms with E-state index in [-0.39, 0.29) is 0 Å². The van der Waals surface area contributed by atoms with Crippen LogP contribution < -0.4 is 20.7 Å². The number of ether oxygens (including phenoxy) is 1. The third kappa shape index (κ3) is 3.51. The fraction of sp³-hybridized carbons (Fsp3) is 0.158. The molecule has 7 heteroatoms. The minimum atomic E-state index is -0.769. The second-order valence-corrected chi connectivity index (χ2v) is 5.78. The van der Waals surface area contributed by atoms with Gasteiger partial charge < -0.3 is 20.7 Å². The van der Waals surface area contributed by atoms with Gasteiger partial charge in [0.2, 0.25) is 0 Å². The number of rotatable bonds is 4. The number of benzene rings is 2. The van der Waals surface area contributed by atoms with E-state index in [9.17, 15) is 14.0 Å². The zero-order valence-corrected chi connectivity index (χ0v) is 14.3. The number of hydrogen-bond donors (Lipinski definition) is 3. The molecule has 6 nitrogen and oxygen atoms in total. The van der Waals surface area contributed by atoms with Crippen molar-refractivity contribution >= 4 is 17.6 Å². The molecule has 1 aliphatic heterocycles. The first-order valence-corrected chi connectivity index (χ1v) is 7.97. The molecule has 3 amide bonds. The van der Waals surface area contributed by atoms with E-state index in [1.54, 1.807) is 37.3 Å². The topological polar surface area (TPSA) is 79.5 Å². The number of carbonyl (C=O) groups excluding carboxylic acids is 2. The molecule has 0 aliphatic carbocycles. The van der Waals surface area contributed by atoms with Crippen LogP contribution in [0.4, 0.5) is 14.9 Å². The van der Waals surface area contributed by atoms with Crippen LogP contribution in [0.25, 0.3) is 0 Å². The summed E-state index contributed by atoms with van der Waals surface area (Å²) < 4.78 is 18.9. The lowest BCUT2D eigenvalue weighted by Gasteiger charge is -2.28. The first kappa shape index (κ1) is 17.5. The number of nitrogens with one attached hydrogen (secondary N) is 3. The fourth-order valence-electron chi connectivity index (χ4n) is 2.87. The smallest absolute Gasteiger partial charge is 0.319 e. The Bertz CT molecular complexity index is 895. The van der Waals surface area contributed by atoms with Crippen LogP contribution in [-0.2, 0) is 4.79 Å². The molecular weight excluding hydrogens is 337 g/mol. The number of hydrogen-bond acceptors (Lipinski definition) is 3. The summed E-state index contributed by atoms with van der Waals surface area (Å²) in [5.74, 6) is -0.361. The summed E-state index contributed by atoms with van der Waals surface area (Å²) in [4.78, 5) is 24.8. The molecule has 0 aromatic heterocycles. The zero-order valence-electron chi connectivity index (χ0n) is 14.3. The Morgan fingerprint density at radius 2 is 1.96 bits per heavy atom. The zero-order chi connectivity index (χ0) is 18.7. The van der Waals surface area contributed by atoms with E-state index in [2.05, 4.69) is 16.0 Å². The summed E-state index contributed by atoms with van der Waals surface area (Å²) >= 11 is 0. The highest BCUT2D eigenvalue weighted by molar-refractivity contribution is 6.07. The number of allylic oxidation sites excluding steroid dienone is 1. The maximum Gasteiger partial charge on any atom is 0.319 e. The van der Waals surface area contributed by atoms with Gasteiger partial charge in [-0.15, -0.1) is 0 Å². The largest absolute Gasteiger partial charge is 0.495 e. The monoisotopic (exact) mass is 355 g/mol. The highest BCUT2D eigenvalue weighted by Gasteiger charge is 2.31. The highest BCUT2D eigenvalue weighted by Crippen LogP contribution is 2.30. The van der Waals surface area contributed by atoms with Gasteiger partial charge in [0.05, 0.1) is 24.4 Å². The fourth-order valence-corrected chi connectivity index (χ4v) is 2.87. The molecule has 0 unspecified atom stereocenters. The van der Waals surface area contributed by atoms with Crippen LogP contribution in [0.15, 0.2) is 59.8 Å². The third-order valence-electron chi connectivity index (χ3n) is 4.05. The second-order valence-electron chi connectivity index (χ2n) is 5.78. The van der Waals surface area contributed by atoms with Crippen molar-refractivity contribution in [1.29, 1.82) is 0 Å². The van der Waals surface area contributed by atoms with E-state index < -0.39 is 23.8 Å². The SMILES string of the molecule is COc1ccccc1NC(=O)C1=C(C)NC(=O)N[C@H]1c1cccc(F)c1. The standard InChI is InChI=1S/C19H18FN3O3/c1-11-16(18(24)22-14-8-3-4-9-15(14)26-2)17(23-19(25)21-11)12-6-5-7-13(20)10-12/h3-10,17H,1-2H3,(H,22,24)(H2,21,23,25)/t17-/m0/s1.